The van der Waals surface area contributed by atoms with Crippen LogP contribution in [-0.4, -0.2) is 14.5 Å². The number of hydrogen-bond donors (Lipinski definition) is 0. The van der Waals surface area contributed by atoms with Gasteiger partial charge in [0.25, 0.3) is 5.69 Å². The van der Waals surface area contributed by atoms with Crippen LogP contribution < -0.4 is 0 Å². The van der Waals surface area contributed by atoms with E-state index in [1.54, 1.807) is 47.2 Å². The predicted molar refractivity (Wildman–Crippen MR) is 98.2 cm³/mol. The number of non-ortho nitro benzene ring substituents is 1. The van der Waals surface area contributed by atoms with E-state index in [1.165, 1.54) is 24.3 Å². The zero-order valence-electron chi connectivity index (χ0n) is 14.2. The molecule has 0 fully saturated rings. The summed E-state index contributed by atoms with van der Waals surface area (Å²) in [7, 11) is 0. The van der Waals surface area contributed by atoms with Gasteiger partial charge in [-0.15, -0.1) is 0 Å². The normalized spacial score (nSPS) is 11.7. The van der Waals surface area contributed by atoms with Gasteiger partial charge in [-0.2, -0.15) is 13.2 Å². The van der Waals surface area contributed by atoms with Crippen molar-refractivity contribution in [3.05, 3.63) is 88.9 Å². The number of fused-ring (bicyclic) bond motifs is 1. The fourth-order valence-corrected chi connectivity index (χ4v) is 3.14. The van der Waals surface area contributed by atoms with E-state index in [9.17, 15) is 23.3 Å². The Morgan fingerprint density at radius 1 is 1.00 bits per heavy atom. The Morgan fingerprint density at radius 3 is 2.57 bits per heavy atom. The molecule has 0 spiro atoms. The van der Waals surface area contributed by atoms with Crippen molar-refractivity contribution < 1.29 is 18.1 Å². The number of hydrogen-bond acceptors (Lipinski definition) is 3. The molecule has 0 aliphatic rings. The highest BCUT2D eigenvalue weighted by Gasteiger charge is 2.35. The molecule has 0 amide bonds. The molecule has 0 aliphatic carbocycles. The lowest BCUT2D eigenvalue weighted by molar-refractivity contribution is -0.384. The average molecular weight is 383 g/mol. The zero-order chi connectivity index (χ0) is 19.9. The Kier molecular flexibility index (Phi) is 4.11. The number of aromatic nitrogens is 2. The van der Waals surface area contributed by atoms with Crippen LogP contribution in [0.5, 0.6) is 0 Å². The smallest absolute Gasteiger partial charge is 0.316 e. The Balaban J connectivity index is 1.87. The molecule has 8 heteroatoms. The molecule has 0 bridgehead atoms. The third-order valence-electron chi connectivity index (χ3n) is 4.40. The molecule has 0 radical (unpaired) electrons. The monoisotopic (exact) mass is 383 g/mol. The fraction of sp³-hybridized carbons (Fsp3) is 0.0500. The third-order valence-corrected chi connectivity index (χ3v) is 4.40. The van der Waals surface area contributed by atoms with Crippen LogP contribution in [0.3, 0.4) is 0 Å². The van der Waals surface area contributed by atoms with Crippen molar-refractivity contribution in [2.24, 2.45) is 0 Å². The van der Waals surface area contributed by atoms with Gasteiger partial charge in [-0.3, -0.25) is 15.1 Å². The second-order valence-electron chi connectivity index (χ2n) is 6.13. The maximum absolute atomic E-state index is 13.3. The Morgan fingerprint density at radius 2 is 1.82 bits per heavy atom. The summed E-state index contributed by atoms with van der Waals surface area (Å²) in [6.07, 6.45) is -1.75. The van der Waals surface area contributed by atoms with Crippen molar-refractivity contribution in [2.75, 3.05) is 0 Å². The zero-order valence-corrected chi connectivity index (χ0v) is 14.2. The van der Waals surface area contributed by atoms with E-state index < -0.39 is 16.8 Å². The minimum Gasteiger partial charge on any atom is -0.316 e. The number of pyridine rings is 1. The SMILES string of the molecule is O=[N+]([O-])c1ccc2ccn(-c3cccc(-c4cccnc4C(F)(F)F)c3)c2c1. The molecule has 5 nitrogen and oxygen atoms in total. The fourth-order valence-electron chi connectivity index (χ4n) is 3.14. The van der Waals surface area contributed by atoms with Gasteiger partial charge in [0.2, 0.25) is 0 Å². The van der Waals surface area contributed by atoms with Gasteiger partial charge in [-0.1, -0.05) is 18.2 Å². The van der Waals surface area contributed by atoms with E-state index in [-0.39, 0.29) is 11.3 Å². The molecule has 4 aromatic rings. The van der Waals surface area contributed by atoms with Gasteiger partial charge in [0, 0.05) is 41.2 Å². The van der Waals surface area contributed by atoms with Gasteiger partial charge in [-0.25, -0.2) is 0 Å². The molecule has 0 atom stereocenters. The molecule has 0 saturated heterocycles. The molecule has 0 unspecified atom stereocenters. The summed E-state index contributed by atoms with van der Waals surface area (Å²) in [5, 5.41) is 11.9. The standard InChI is InChI=1S/C20H12F3N3O2/c21-20(22,23)19-17(5-2-9-24-19)14-3-1-4-15(11-14)25-10-8-13-6-7-16(26(27)28)12-18(13)25/h1-12H. The van der Waals surface area contributed by atoms with Gasteiger partial charge in [0.15, 0.2) is 5.69 Å². The molecular weight excluding hydrogens is 371 g/mol. The van der Waals surface area contributed by atoms with E-state index in [2.05, 4.69) is 4.98 Å². The van der Waals surface area contributed by atoms with Crippen molar-refractivity contribution in [2.45, 2.75) is 6.18 Å². The summed E-state index contributed by atoms with van der Waals surface area (Å²) in [5.41, 5.74) is 0.485. The van der Waals surface area contributed by atoms with E-state index in [0.29, 0.717) is 16.8 Å². The van der Waals surface area contributed by atoms with Crippen molar-refractivity contribution in [1.29, 1.82) is 0 Å². The van der Waals surface area contributed by atoms with Crippen LogP contribution in [0.4, 0.5) is 18.9 Å². The first kappa shape index (κ1) is 17.7. The largest absolute Gasteiger partial charge is 0.433 e. The van der Waals surface area contributed by atoms with Crippen molar-refractivity contribution in [3.63, 3.8) is 0 Å². The molecule has 2 aromatic heterocycles. The Hall–Kier alpha value is -3.68. The Bertz CT molecular complexity index is 1200. The van der Waals surface area contributed by atoms with Crippen LogP contribution in [0.25, 0.3) is 27.7 Å². The lowest BCUT2D eigenvalue weighted by Crippen LogP contribution is -2.09. The highest BCUT2D eigenvalue weighted by Crippen LogP contribution is 2.36. The van der Waals surface area contributed by atoms with E-state index in [4.69, 9.17) is 0 Å². The maximum atomic E-state index is 13.3. The number of halogens is 3. The summed E-state index contributed by atoms with van der Waals surface area (Å²) >= 11 is 0. The third kappa shape index (κ3) is 3.09. The Labute approximate surface area is 156 Å². The van der Waals surface area contributed by atoms with Crippen LogP contribution in [0.15, 0.2) is 73.1 Å². The molecule has 2 heterocycles. The quantitative estimate of drug-likeness (QED) is 0.341. The van der Waals surface area contributed by atoms with Crippen molar-refractivity contribution in [3.8, 4) is 16.8 Å². The number of nitrogens with zero attached hydrogens (tertiary/aromatic N) is 3. The van der Waals surface area contributed by atoms with Crippen LogP contribution >= 0.6 is 0 Å². The number of rotatable bonds is 3. The topological polar surface area (TPSA) is 61.0 Å². The van der Waals surface area contributed by atoms with Gasteiger partial charge in [0.1, 0.15) is 0 Å². The summed E-state index contributed by atoms with van der Waals surface area (Å²) in [5.74, 6) is 0. The first-order chi connectivity index (χ1) is 13.3. The summed E-state index contributed by atoms with van der Waals surface area (Å²) in [6.45, 7) is 0. The highest BCUT2D eigenvalue weighted by atomic mass is 19.4. The van der Waals surface area contributed by atoms with E-state index in [1.807, 2.05) is 0 Å². The van der Waals surface area contributed by atoms with Crippen molar-refractivity contribution in [1.82, 2.24) is 9.55 Å². The number of nitro groups is 1. The second kappa shape index (κ2) is 6.49. The first-order valence-corrected chi connectivity index (χ1v) is 8.23. The lowest BCUT2D eigenvalue weighted by atomic mass is 10.0. The second-order valence-corrected chi connectivity index (χ2v) is 6.13. The molecule has 0 N–H and O–H groups in total. The molecule has 4 rings (SSSR count). The molecule has 0 aliphatic heterocycles. The first-order valence-electron chi connectivity index (χ1n) is 8.23. The summed E-state index contributed by atoms with van der Waals surface area (Å²) < 4.78 is 41.6. The molecular formula is C20H12F3N3O2. The molecule has 28 heavy (non-hydrogen) atoms. The maximum Gasteiger partial charge on any atom is 0.433 e. The molecule has 0 saturated carbocycles. The number of alkyl halides is 3. The summed E-state index contributed by atoms with van der Waals surface area (Å²) in [4.78, 5) is 14.1. The van der Waals surface area contributed by atoms with Crippen LogP contribution in [-0.2, 0) is 6.18 Å². The van der Waals surface area contributed by atoms with Gasteiger partial charge < -0.3 is 4.57 Å². The van der Waals surface area contributed by atoms with E-state index in [0.717, 1.165) is 11.6 Å². The number of nitro benzene ring substituents is 1. The van der Waals surface area contributed by atoms with Gasteiger partial charge in [0.05, 0.1) is 10.4 Å². The van der Waals surface area contributed by atoms with Crippen LogP contribution in [0, 0.1) is 10.1 Å². The van der Waals surface area contributed by atoms with Gasteiger partial charge >= 0.3 is 6.18 Å². The highest BCUT2D eigenvalue weighted by molar-refractivity contribution is 5.84. The summed E-state index contributed by atoms with van der Waals surface area (Å²) in [6, 6.07) is 15.6. The van der Waals surface area contributed by atoms with Crippen molar-refractivity contribution >= 4 is 16.6 Å². The number of benzene rings is 2. The van der Waals surface area contributed by atoms with Crippen LogP contribution in [0.1, 0.15) is 5.69 Å². The lowest BCUT2D eigenvalue weighted by Gasteiger charge is -2.13. The minimum atomic E-state index is -4.58. The average Bonchev–Trinajstić information content (AvgIpc) is 3.10. The van der Waals surface area contributed by atoms with Gasteiger partial charge in [-0.05, 0) is 35.9 Å². The minimum absolute atomic E-state index is 0.0284. The van der Waals surface area contributed by atoms with E-state index >= 15 is 0 Å². The predicted octanol–water partition coefficient (Wildman–Crippen LogP) is 5.62. The molecule has 140 valence electrons. The molecule has 2 aromatic carbocycles. The van der Waals surface area contributed by atoms with Crippen LogP contribution in [0.2, 0.25) is 0 Å².